The molecule has 0 aliphatic heterocycles. The van der Waals surface area contributed by atoms with Crippen LogP contribution in [0.5, 0.6) is 11.8 Å². The third-order valence-corrected chi connectivity index (χ3v) is 4.64. The monoisotopic (exact) mass is 501 g/mol. The Hall–Kier alpha value is -4.08. The van der Waals surface area contributed by atoms with Gasteiger partial charge in [-0.25, -0.2) is 9.18 Å². The number of alkyl halides is 3. The van der Waals surface area contributed by atoms with Gasteiger partial charge < -0.3 is 19.9 Å². The molecule has 2 N–H and O–H groups in total. The topological polar surface area (TPSA) is 146 Å². The lowest BCUT2D eigenvalue weighted by atomic mass is 10.2. The first-order chi connectivity index (χ1) is 16.5. The minimum atomic E-state index is -4.85. The minimum Gasteiger partial charge on any atom is -0.478 e. The molecule has 0 radical (unpaired) electrons. The number of anilines is 1. The van der Waals surface area contributed by atoms with Gasteiger partial charge in [0.25, 0.3) is 11.8 Å². The maximum Gasteiger partial charge on any atom is 0.425 e. The molecule has 3 aromatic heterocycles. The maximum atomic E-state index is 15.0. The number of carbonyl (C=O) groups excluding carboxylic acids is 1. The molecule has 16 heteroatoms. The summed E-state index contributed by atoms with van der Waals surface area (Å²) < 4.78 is 65.8. The van der Waals surface area contributed by atoms with Gasteiger partial charge in [0.05, 0.1) is 13.3 Å². The van der Waals surface area contributed by atoms with Crippen molar-refractivity contribution in [2.24, 2.45) is 0 Å². The van der Waals surface area contributed by atoms with Gasteiger partial charge in [-0.2, -0.15) is 27.9 Å². The number of aliphatic hydroxyl groups is 1. The van der Waals surface area contributed by atoms with Crippen molar-refractivity contribution in [3.05, 3.63) is 46.0 Å². The molecule has 12 nitrogen and oxygen atoms in total. The van der Waals surface area contributed by atoms with Crippen molar-refractivity contribution in [2.75, 3.05) is 12.4 Å². The van der Waals surface area contributed by atoms with E-state index in [1.54, 1.807) is 6.92 Å². The molecule has 3 aromatic rings. The Balaban J connectivity index is 2.14. The number of methoxy groups -OCH3 is 1. The standard InChI is InChI=1S/C19H19F4N7O5/c1-4-29-13(8-31)28-30(18(29)33)14-11(20)7-10(16(26-14)35-9(2)19(21,22)23)15(32)25-12-5-6-24-27-17(12)34-3/h5-7,9,31H,4,8H2,1-3H3,(H,24,25,32)/t9-/m0/s1. The van der Waals surface area contributed by atoms with Crippen molar-refractivity contribution >= 4 is 11.6 Å². The van der Waals surface area contributed by atoms with E-state index >= 15 is 4.39 Å². The van der Waals surface area contributed by atoms with Crippen LogP contribution in [0.4, 0.5) is 23.2 Å². The second kappa shape index (κ2) is 10.0. The Morgan fingerprint density at radius 2 is 2.03 bits per heavy atom. The van der Waals surface area contributed by atoms with E-state index in [2.05, 4.69) is 25.6 Å². The van der Waals surface area contributed by atoms with Gasteiger partial charge >= 0.3 is 11.9 Å². The third-order valence-electron chi connectivity index (χ3n) is 4.64. The van der Waals surface area contributed by atoms with Gasteiger partial charge in [0.1, 0.15) is 17.9 Å². The van der Waals surface area contributed by atoms with Crippen LogP contribution in [0.2, 0.25) is 0 Å². The van der Waals surface area contributed by atoms with Gasteiger partial charge in [0, 0.05) is 6.54 Å². The molecule has 0 saturated carbocycles. The second-order valence-corrected chi connectivity index (χ2v) is 6.87. The molecule has 0 unspecified atom stereocenters. The molecule has 0 aromatic carbocycles. The lowest BCUT2D eigenvalue weighted by molar-refractivity contribution is -0.190. The van der Waals surface area contributed by atoms with Crippen LogP contribution in [-0.2, 0) is 13.2 Å². The van der Waals surface area contributed by atoms with Crippen LogP contribution < -0.4 is 20.5 Å². The number of pyridine rings is 1. The van der Waals surface area contributed by atoms with E-state index in [1.807, 2.05) is 0 Å². The number of halogens is 4. The van der Waals surface area contributed by atoms with E-state index in [1.165, 1.54) is 19.4 Å². The largest absolute Gasteiger partial charge is 0.478 e. The molecule has 1 atom stereocenters. The van der Waals surface area contributed by atoms with Crippen LogP contribution in [0.25, 0.3) is 5.82 Å². The highest BCUT2D eigenvalue weighted by atomic mass is 19.4. The number of ether oxygens (including phenoxy) is 2. The van der Waals surface area contributed by atoms with E-state index in [0.29, 0.717) is 17.7 Å². The number of aromatic nitrogens is 6. The van der Waals surface area contributed by atoms with Crippen molar-refractivity contribution in [3.8, 4) is 17.6 Å². The average Bonchev–Trinajstić information content (AvgIpc) is 3.14. The third kappa shape index (κ3) is 5.21. The molecule has 1 amide bonds. The molecule has 0 saturated heterocycles. The molecule has 3 heterocycles. The molecular weight excluding hydrogens is 482 g/mol. The zero-order chi connectivity index (χ0) is 25.9. The summed E-state index contributed by atoms with van der Waals surface area (Å²) in [5.74, 6) is -4.39. The molecule has 35 heavy (non-hydrogen) atoms. The zero-order valence-electron chi connectivity index (χ0n) is 18.5. The van der Waals surface area contributed by atoms with Crippen LogP contribution in [0, 0.1) is 5.82 Å². The number of nitrogens with one attached hydrogen (secondary N) is 1. The molecular formula is C19H19F4N7O5. The summed E-state index contributed by atoms with van der Waals surface area (Å²) in [5, 5.41) is 22.7. The van der Waals surface area contributed by atoms with E-state index in [4.69, 9.17) is 9.47 Å². The molecule has 0 bridgehead atoms. The summed E-state index contributed by atoms with van der Waals surface area (Å²) in [7, 11) is 1.24. The fraction of sp³-hybridized carbons (Fsp3) is 0.368. The second-order valence-electron chi connectivity index (χ2n) is 6.87. The van der Waals surface area contributed by atoms with Gasteiger partial charge in [0.2, 0.25) is 5.88 Å². The Labute approximate surface area is 194 Å². The number of hydrogen-bond acceptors (Lipinski definition) is 9. The Kier molecular flexibility index (Phi) is 7.33. The predicted octanol–water partition coefficient (Wildman–Crippen LogP) is 1.46. The lowest BCUT2D eigenvalue weighted by Crippen LogP contribution is -2.33. The van der Waals surface area contributed by atoms with Gasteiger partial charge in [-0.3, -0.25) is 9.36 Å². The zero-order valence-corrected chi connectivity index (χ0v) is 18.5. The van der Waals surface area contributed by atoms with Crippen LogP contribution in [-0.4, -0.2) is 59.9 Å². The van der Waals surface area contributed by atoms with E-state index in [9.17, 15) is 27.9 Å². The number of carbonyl (C=O) groups is 1. The van der Waals surface area contributed by atoms with E-state index in [0.717, 1.165) is 4.57 Å². The summed E-state index contributed by atoms with van der Waals surface area (Å²) in [6.07, 6.45) is -6.10. The Bertz CT molecular complexity index is 1290. The number of aliphatic hydroxyl groups excluding tert-OH is 1. The normalized spacial score (nSPS) is 12.3. The molecule has 188 valence electrons. The summed E-state index contributed by atoms with van der Waals surface area (Å²) in [5.41, 5.74) is -1.65. The highest BCUT2D eigenvalue weighted by Crippen LogP contribution is 2.29. The molecule has 0 aliphatic rings. The van der Waals surface area contributed by atoms with Crippen LogP contribution in [0.3, 0.4) is 0 Å². The summed E-state index contributed by atoms with van der Waals surface area (Å²) in [6.45, 7) is 1.61. The average molecular weight is 501 g/mol. The van der Waals surface area contributed by atoms with E-state index < -0.39 is 53.6 Å². The van der Waals surface area contributed by atoms with E-state index in [-0.39, 0.29) is 23.9 Å². The van der Waals surface area contributed by atoms with Crippen LogP contribution in [0.1, 0.15) is 30.0 Å². The molecule has 3 rings (SSSR count). The number of hydrogen-bond donors (Lipinski definition) is 2. The fourth-order valence-electron chi connectivity index (χ4n) is 2.86. The van der Waals surface area contributed by atoms with Gasteiger partial charge in [-0.1, -0.05) is 0 Å². The highest BCUT2D eigenvalue weighted by Gasteiger charge is 2.39. The number of amides is 1. The quantitative estimate of drug-likeness (QED) is 0.438. The summed E-state index contributed by atoms with van der Waals surface area (Å²) in [4.78, 5) is 29.1. The van der Waals surface area contributed by atoms with Gasteiger partial charge in [-0.05, 0) is 26.0 Å². The Morgan fingerprint density at radius 3 is 2.60 bits per heavy atom. The minimum absolute atomic E-state index is 0.0164. The molecule has 0 fully saturated rings. The first kappa shape index (κ1) is 25.5. The van der Waals surface area contributed by atoms with Crippen molar-refractivity contribution in [3.63, 3.8) is 0 Å². The highest BCUT2D eigenvalue weighted by molar-refractivity contribution is 6.06. The lowest BCUT2D eigenvalue weighted by Gasteiger charge is -2.19. The fourth-order valence-corrected chi connectivity index (χ4v) is 2.86. The van der Waals surface area contributed by atoms with Crippen molar-refractivity contribution in [2.45, 2.75) is 39.3 Å². The van der Waals surface area contributed by atoms with Gasteiger partial charge in [-0.15, -0.1) is 10.2 Å². The van der Waals surface area contributed by atoms with Crippen LogP contribution >= 0.6 is 0 Å². The van der Waals surface area contributed by atoms with Crippen molar-refractivity contribution in [1.29, 1.82) is 0 Å². The number of nitrogens with zero attached hydrogens (tertiary/aromatic N) is 6. The SMILES string of the molecule is CCn1c(CO)nn(-c2nc(O[C@@H](C)C(F)(F)F)c(C(=O)Nc3ccnnc3OC)cc2F)c1=O. The van der Waals surface area contributed by atoms with Crippen molar-refractivity contribution in [1.82, 2.24) is 29.5 Å². The van der Waals surface area contributed by atoms with Crippen LogP contribution in [0.15, 0.2) is 23.1 Å². The predicted molar refractivity (Wildman–Crippen MR) is 110 cm³/mol. The summed E-state index contributed by atoms with van der Waals surface area (Å²) in [6, 6.07) is 1.83. The molecule has 0 aliphatic carbocycles. The first-order valence-electron chi connectivity index (χ1n) is 9.92. The summed E-state index contributed by atoms with van der Waals surface area (Å²) >= 11 is 0. The Morgan fingerprint density at radius 1 is 1.31 bits per heavy atom. The van der Waals surface area contributed by atoms with Crippen molar-refractivity contribution < 1.29 is 36.9 Å². The maximum absolute atomic E-state index is 15.0. The first-order valence-corrected chi connectivity index (χ1v) is 9.92. The van der Waals surface area contributed by atoms with Gasteiger partial charge in [0.15, 0.2) is 23.6 Å². The number of rotatable bonds is 8. The molecule has 0 spiro atoms. The smallest absolute Gasteiger partial charge is 0.425 e.